The number of aromatic hydroxyl groups is 1. The van der Waals surface area contributed by atoms with Crippen LogP contribution in [0.15, 0.2) is 55.1 Å². The normalized spacial score (nSPS) is 13.9. The van der Waals surface area contributed by atoms with E-state index in [1.165, 1.54) is 12.1 Å². The monoisotopic (exact) mass is 494 g/mol. The summed E-state index contributed by atoms with van der Waals surface area (Å²) in [5.74, 6) is 0.510. The number of aromatic nitrogens is 8. The molecule has 1 fully saturated rings. The lowest BCUT2D eigenvalue weighted by molar-refractivity contribution is 0.469. The first-order chi connectivity index (χ1) is 18.0. The highest BCUT2D eigenvalue weighted by Crippen LogP contribution is 2.32. The van der Waals surface area contributed by atoms with Gasteiger partial charge in [-0.05, 0) is 24.3 Å². The first-order valence-corrected chi connectivity index (χ1v) is 11.5. The Labute approximate surface area is 208 Å². The fraction of sp³-hybridized carbons (Fsp3) is 0.120. The maximum absolute atomic E-state index is 14.0. The number of benzene rings is 1. The molecule has 1 aliphatic heterocycles. The highest BCUT2D eigenvalue weighted by Gasteiger charge is 2.25. The molecule has 1 aromatic carbocycles. The maximum atomic E-state index is 14.0. The summed E-state index contributed by atoms with van der Waals surface area (Å²) >= 11 is 0. The van der Waals surface area contributed by atoms with Crippen molar-refractivity contribution < 1.29 is 9.50 Å². The highest BCUT2D eigenvalue weighted by molar-refractivity contribution is 5.96. The van der Waals surface area contributed by atoms with Crippen LogP contribution in [0, 0.1) is 5.82 Å². The summed E-state index contributed by atoms with van der Waals surface area (Å²) < 4.78 is 14.0. The smallest absolute Gasteiger partial charge is 0.159 e. The Hall–Kier alpha value is -4.97. The average molecular weight is 494 g/mol. The second-order valence-corrected chi connectivity index (χ2v) is 8.95. The van der Waals surface area contributed by atoms with Gasteiger partial charge in [-0.2, -0.15) is 5.10 Å². The number of rotatable bonds is 4. The molecule has 6 heterocycles. The largest absolute Gasteiger partial charge is 0.508 e. The number of fused-ring (bicyclic) bond motifs is 2. The van der Waals surface area contributed by atoms with Crippen molar-refractivity contribution in [3.05, 3.63) is 60.9 Å². The summed E-state index contributed by atoms with van der Waals surface area (Å²) in [6.07, 6.45) is 6.68. The second kappa shape index (κ2) is 8.03. The number of anilines is 1. The van der Waals surface area contributed by atoms with Gasteiger partial charge >= 0.3 is 0 Å². The second-order valence-electron chi connectivity index (χ2n) is 8.95. The van der Waals surface area contributed by atoms with E-state index in [1.54, 1.807) is 30.9 Å². The molecule has 0 unspecified atom stereocenters. The number of phenolic OH excluding ortho intramolecular Hbond substituents is 1. The van der Waals surface area contributed by atoms with Crippen LogP contribution in [0.2, 0.25) is 0 Å². The van der Waals surface area contributed by atoms with E-state index in [0.717, 1.165) is 35.9 Å². The molecule has 0 amide bonds. The molecule has 1 saturated heterocycles. The molecule has 0 atom stereocenters. The molecule has 182 valence electrons. The van der Waals surface area contributed by atoms with Crippen LogP contribution >= 0.6 is 0 Å². The van der Waals surface area contributed by atoms with Gasteiger partial charge in [-0.1, -0.05) is 0 Å². The molecule has 0 radical (unpaired) electrons. The number of hydrogen-bond acceptors (Lipinski definition) is 9. The standard InChI is InChI=1S/C25H19FN10O/c26-13-3-12(4-15(37)5-13)22-24-17(1-2-29-22)32-25(33-24)23-16-6-18(30-8-19(16)34-35-23)20-7-28-9-21(31-20)36-10-14(27)11-36/h1-9,14,37H,10-11,27H2,(H,32,33)(H,34,35). The van der Waals surface area contributed by atoms with E-state index >= 15 is 0 Å². The van der Waals surface area contributed by atoms with Crippen molar-refractivity contribution in [2.24, 2.45) is 5.73 Å². The number of nitrogens with zero attached hydrogens (tertiary/aromatic N) is 7. The van der Waals surface area contributed by atoms with E-state index in [9.17, 15) is 9.50 Å². The zero-order valence-electron chi connectivity index (χ0n) is 19.2. The number of phenols is 1. The molecule has 6 aromatic rings. The minimum absolute atomic E-state index is 0.152. The van der Waals surface area contributed by atoms with Crippen LogP contribution in [0.4, 0.5) is 10.2 Å². The van der Waals surface area contributed by atoms with E-state index in [4.69, 9.17) is 15.7 Å². The Balaban J connectivity index is 1.31. The van der Waals surface area contributed by atoms with Gasteiger partial charge in [0, 0.05) is 42.3 Å². The molecule has 7 rings (SSSR count). The molecule has 37 heavy (non-hydrogen) atoms. The molecule has 12 heteroatoms. The minimum atomic E-state index is -0.563. The van der Waals surface area contributed by atoms with Gasteiger partial charge in [0.25, 0.3) is 0 Å². The van der Waals surface area contributed by atoms with E-state index in [0.29, 0.717) is 45.2 Å². The number of H-pyrrole nitrogens is 2. The molecular weight excluding hydrogens is 475 g/mol. The van der Waals surface area contributed by atoms with Crippen LogP contribution in [0.5, 0.6) is 5.75 Å². The summed E-state index contributed by atoms with van der Waals surface area (Å²) in [5.41, 5.74) is 10.6. The molecule has 0 bridgehead atoms. The molecule has 0 aliphatic carbocycles. The van der Waals surface area contributed by atoms with Gasteiger partial charge in [0.05, 0.1) is 41.0 Å². The fourth-order valence-electron chi connectivity index (χ4n) is 4.54. The lowest BCUT2D eigenvalue weighted by Crippen LogP contribution is -2.56. The first-order valence-electron chi connectivity index (χ1n) is 11.5. The van der Waals surface area contributed by atoms with E-state index < -0.39 is 5.82 Å². The SMILES string of the molecule is NC1CN(c2cncc(-c3cc4c(-c5nc6c(-c7cc(O)cc(F)c7)nccc6[nH]5)n[nH]c4cn3)n2)C1. The number of hydrogen-bond donors (Lipinski definition) is 4. The van der Waals surface area contributed by atoms with E-state index in [2.05, 4.69) is 35.0 Å². The van der Waals surface area contributed by atoms with E-state index in [-0.39, 0.29) is 11.8 Å². The predicted molar refractivity (Wildman–Crippen MR) is 135 cm³/mol. The van der Waals surface area contributed by atoms with Crippen LogP contribution in [0.25, 0.3) is 56.1 Å². The number of nitrogens with two attached hydrogens (primary N) is 1. The van der Waals surface area contributed by atoms with Crippen LogP contribution in [-0.4, -0.2) is 64.3 Å². The van der Waals surface area contributed by atoms with Crippen molar-refractivity contribution in [1.29, 1.82) is 0 Å². The molecule has 1 aliphatic rings. The summed E-state index contributed by atoms with van der Waals surface area (Å²) in [7, 11) is 0. The Kier molecular flexibility index (Phi) is 4.63. The quantitative estimate of drug-likeness (QED) is 0.289. The molecule has 0 saturated carbocycles. The van der Waals surface area contributed by atoms with Crippen molar-refractivity contribution in [3.8, 4) is 39.9 Å². The van der Waals surface area contributed by atoms with Gasteiger partial charge in [-0.15, -0.1) is 0 Å². The zero-order chi connectivity index (χ0) is 25.1. The number of imidazole rings is 1. The van der Waals surface area contributed by atoms with Crippen molar-refractivity contribution in [1.82, 2.24) is 40.1 Å². The minimum Gasteiger partial charge on any atom is -0.508 e. The summed E-state index contributed by atoms with van der Waals surface area (Å²) in [6.45, 7) is 1.49. The third kappa shape index (κ3) is 3.62. The average Bonchev–Trinajstić information content (AvgIpc) is 3.49. The summed E-state index contributed by atoms with van der Waals surface area (Å²) in [5, 5.41) is 18.1. The third-order valence-corrected chi connectivity index (χ3v) is 6.35. The Bertz CT molecular complexity index is 1790. The lowest BCUT2D eigenvalue weighted by atomic mass is 10.1. The molecule has 5 aromatic heterocycles. The molecule has 11 nitrogen and oxygen atoms in total. The lowest BCUT2D eigenvalue weighted by Gasteiger charge is -2.37. The predicted octanol–water partition coefficient (Wildman–Crippen LogP) is 3.01. The van der Waals surface area contributed by atoms with Crippen molar-refractivity contribution in [3.63, 3.8) is 0 Å². The van der Waals surface area contributed by atoms with Crippen molar-refractivity contribution >= 4 is 27.8 Å². The van der Waals surface area contributed by atoms with Gasteiger partial charge in [0.1, 0.15) is 34.3 Å². The number of halogens is 1. The van der Waals surface area contributed by atoms with Gasteiger partial charge in [0.15, 0.2) is 5.82 Å². The topological polar surface area (TPSA) is 158 Å². The number of nitrogens with one attached hydrogen (secondary N) is 2. The Morgan fingerprint density at radius 1 is 0.973 bits per heavy atom. The van der Waals surface area contributed by atoms with Crippen molar-refractivity contribution in [2.75, 3.05) is 18.0 Å². The summed E-state index contributed by atoms with van der Waals surface area (Å²) in [4.78, 5) is 28.1. The maximum Gasteiger partial charge on any atom is 0.159 e. The Morgan fingerprint density at radius 3 is 2.70 bits per heavy atom. The van der Waals surface area contributed by atoms with Crippen LogP contribution in [-0.2, 0) is 0 Å². The molecule has 5 N–H and O–H groups in total. The molecular formula is C25H19FN10O. The fourth-order valence-corrected chi connectivity index (χ4v) is 4.54. The molecule has 0 spiro atoms. The Morgan fingerprint density at radius 2 is 1.86 bits per heavy atom. The van der Waals surface area contributed by atoms with Gasteiger partial charge in [-0.3, -0.25) is 20.1 Å². The zero-order valence-corrected chi connectivity index (χ0v) is 19.2. The highest BCUT2D eigenvalue weighted by atomic mass is 19.1. The van der Waals surface area contributed by atoms with E-state index in [1.807, 2.05) is 6.07 Å². The first kappa shape index (κ1) is 21.3. The van der Waals surface area contributed by atoms with Crippen LogP contribution in [0.3, 0.4) is 0 Å². The van der Waals surface area contributed by atoms with Crippen molar-refractivity contribution in [2.45, 2.75) is 6.04 Å². The summed E-state index contributed by atoms with van der Waals surface area (Å²) in [6, 6.07) is 7.62. The van der Waals surface area contributed by atoms with Crippen LogP contribution in [0.1, 0.15) is 0 Å². The number of aromatic amines is 2. The van der Waals surface area contributed by atoms with Gasteiger partial charge in [-0.25, -0.2) is 14.4 Å². The third-order valence-electron chi connectivity index (χ3n) is 6.35. The van der Waals surface area contributed by atoms with Gasteiger partial charge in [0.2, 0.25) is 0 Å². The number of pyridine rings is 2. The van der Waals surface area contributed by atoms with Gasteiger partial charge < -0.3 is 20.7 Å². The van der Waals surface area contributed by atoms with Crippen LogP contribution < -0.4 is 10.6 Å².